The van der Waals surface area contributed by atoms with Crippen molar-refractivity contribution in [1.82, 2.24) is 10.2 Å². The number of amides is 1. The van der Waals surface area contributed by atoms with Gasteiger partial charge < -0.3 is 10.2 Å². The third kappa shape index (κ3) is 5.78. The highest BCUT2D eigenvalue weighted by Gasteiger charge is 2.52. The number of anilines is 1. The third-order valence-corrected chi connectivity index (χ3v) is 7.07. The predicted molar refractivity (Wildman–Crippen MR) is 134 cm³/mol. The van der Waals surface area contributed by atoms with Crippen molar-refractivity contribution in [2.45, 2.75) is 37.1 Å². The second-order valence-electron chi connectivity index (χ2n) is 8.60. The molecule has 0 spiro atoms. The maximum Gasteiger partial charge on any atom is 0.231 e. The van der Waals surface area contributed by atoms with Crippen LogP contribution in [0.3, 0.4) is 0 Å². The molecule has 1 heterocycles. The number of carbonyl (C=O) groups is 1. The summed E-state index contributed by atoms with van der Waals surface area (Å²) >= 11 is 6.18. The van der Waals surface area contributed by atoms with Crippen LogP contribution in [0.1, 0.15) is 42.9 Å². The van der Waals surface area contributed by atoms with Gasteiger partial charge in [0, 0.05) is 6.54 Å². The van der Waals surface area contributed by atoms with Crippen molar-refractivity contribution in [2.75, 3.05) is 30.6 Å². The topological polar surface area (TPSA) is 78.5 Å². The van der Waals surface area contributed by atoms with Gasteiger partial charge in [-0.2, -0.15) is 13.5 Å². The van der Waals surface area contributed by atoms with Gasteiger partial charge in [0.25, 0.3) is 0 Å². The predicted octanol–water partition coefficient (Wildman–Crippen LogP) is 3.81. The van der Waals surface area contributed by atoms with Crippen molar-refractivity contribution in [3.63, 3.8) is 0 Å². The molecule has 1 amide bonds. The van der Waals surface area contributed by atoms with Crippen LogP contribution in [0.25, 0.3) is 0 Å². The molecule has 1 saturated heterocycles. The summed E-state index contributed by atoms with van der Waals surface area (Å²) in [5, 5.41) is 3.60. The van der Waals surface area contributed by atoms with E-state index in [1.165, 1.54) is 12.8 Å². The summed E-state index contributed by atoms with van der Waals surface area (Å²) in [5.41, 5.74) is 1.54. The van der Waals surface area contributed by atoms with Crippen LogP contribution in [-0.2, 0) is 20.2 Å². The lowest BCUT2D eigenvalue weighted by Crippen LogP contribution is -2.41. The van der Waals surface area contributed by atoms with Crippen molar-refractivity contribution in [1.29, 1.82) is 0 Å². The van der Waals surface area contributed by atoms with Crippen molar-refractivity contribution in [2.24, 2.45) is 0 Å². The fourth-order valence-corrected chi connectivity index (χ4v) is 5.10. The Labute approximate surface area is 202 Å². The Bertz CT molecular complexity index is 1050. The third-order valence-electron chi connectivity index (χ3n) is 6.15. The largest absolute Gasteiger partial charge is 0.347 e. The number of nitrogens with zero attached hydrogens (tertiary/aromatic N) is 1. The van der Waals surface area contributed by atoms with Crippen molar-refractivity contribution in [3.8, 4) is 0 Å². The minimum absolute atomic E-state index is 0. The Balaban J connectivity index is 0.00000289. The zero-order chi connectivity index (χ0) is 22.1. The van der Waals surface area contributed by atoms with E-state index in [2.05, 4.69) is 27.1 Å². The van der Waals surface area contributed by atoms with Gasteiger partial charge in [0.05, 0.1) is 28.4 Å². The monoisotopic (exact) mass is 495 g/mol. The van der Waals surface area contributed by atoms with Gasteiger partial charge in [0.2, 0.25) is 15.9 Å². The summed E-state index contributed by atoms with van der Waals surface area (Å²) in [7, 11) is -3.47. The number of carbonyl (C=O) groups excluding carboxylic acids is 1. The molecule has 1 saturated carbocycles. The minimum Gasteiger partial charge on any atom is -0.347 e. The van der Waals surface area contributed by atoms with E-state index in [9.17, 15) is 13.2 Å². The van der Waals surface area contributed by atoms with E-state index in [0.29, 0.717) is 10.7 Å². The van der Waals surface area contributed by atoms with Gasteiger partial charge in [0.1, 0.15) is 0 Å². The summed E-state index contributed by atoms with van der Waals surface area (Å²) in [6, 6.07) is 15.1. The second-order valence-corrected chi connectivity index (χ2v) is 10.8. The van der Waals surface area contributed by atoms with E-state index in [-0.39, 0.29) is 25.4 Å². The summed E-state index contributed by atoms with van der Waals surface area (Å²) in [6.07, 6.45) is 4.92. The standard InChI is InChI=1S/C23H28ClN3O3S.H2S/c1-31(29,30)26-20-15-18(9-10-19(20)24)23(11-12-23)22(28)25-21(16-27-13-5-6-14-27)17-7-3-2-4-8-17;/h2-4,7-10,15,21,26H,5-6,11-14,16H2,1H3,(H,25,28);1H2/t21-;/m1./s1. The van der Waals surface area contributed by atoms with E-state index in [4.69, 9.17) is 11.6 Å². The molecule has 2 N–H and O–H groups in total. The van der Waals surface area contributed by atoms with Crippen LogP contribution >= 0.6 is 25.1 Å². The van der Waals surface area contributed by atoms with Crippen LogP contribution in [0.5, 0.6) is 0 Å². The fourth-order valence-electron chi connectivity index (χ4n) is 4.31. The molecule has 6 nitrogen and oxygen atoms in total. The molecule has 2 aliphatic rings. The highest BCUT2D eigenvalue weighted by molar-refractivity contribution is 7.92. The number of nitrogens with one attached hydrogen (secondary N) is 2. The number of likely N-dealkylation sites (tertiary alicyclic amines) is 1. The first-order valence-corrected chi connectivity index (χ1v) is 12.9. The molecule has 9 heteroatoms. The quantitative estimate of drug-likeness (QED) is 0.583. The summed E-state index contributed by atoms with van der Waals surface area (Å²) in [6.45, 7) is 2.90. The first-order chi connectivity index (χ1) is 14.8. The first-order valence-electron chi connectivity index (χ1n) is 10.6. The molecule has 0 bridgehead atoms. The van der Waals surface area contributed by atoms with Crippen LogP contribution in [-0.4, -0.2) is 45.1 Å². The lowest BCUT2D eigenvalue weighted by Gasteiger charge is -2.27. The normalized spacial score (nSPS) is 18.4. The van der Waals surface area contributed by atoms with Crippen LogP contribution in [0, 0.1) is 0 Å². The lowest BCUT2D eigenvalue weighted by atomic mass is 9.93. The highest BCUT2D eigenvalue weighted by Crippen LogP contribution is 2.50. The highest BCUT2D eigenvalue weighted by atomic mass is 35.5. The first kappa shape index (κ1) is 24.9. The Morgan fingerprint density at radius 2 is 1.78 bits per heavy atom. The lowest BCUT2D eigenvalue weighted by molar-refractivity contribution is -0.124. The smallest absolute Gasteiger partial charge is 0.231 e. The molecule has 1 atom stereocenters. The Morgan fingerprint density at radius 3 is 2.38 bits per heavy atom. The molecule has 4 rings (SSSR count). The second kappa shape index (κ2) is 10.0. The van der Waals surface area contributed by atoms with E-state index < -0.39 is 15.4 Å². The molecule has 174 valence electrons. The maximum atomic E-state index is 13.5. The van der Waals surface area contributed by atoms with Gasteiger partial charge in [-0.1, -0.05) is 48.0 Å². The molecule has 0 aromatic heterocycles. The van der Waals surface area contributed by atoms with Crippen LogP contribution in [0.15, 0.2) is 48.5 Å². The molecule has 0 radical (unpaired) electrons. The van der Waals surface area contributed by atoms with E-state index in [1.54, 1.807) is 12.1 Å². The molecular formula is C23H30ClN3O3S2. The summed E-state index contributed by atoms with van der Waals surface area (Å²) in [5.74, 6) is -0.0202. The van der Waals surface area contributed by atoms with Gasteiger partial charge in [0.15, 0.2) is 0 Å². The van der Waals surface area contributed by atoms with Crippen LogP contribution < -0.4 is 10.0 Å². The number of rotatable bonds is 8. The molecule has 2 aromatic rings. The molecular weight excluding hydrogens is 466 g/mol. The summed E-state index contributed by atoms with van der Waals surface area (Å²) in [4.78, 5) is 15.9. The number of hydrogen-bond donors (Lipinski definition) is 2. The van der Waals surface area contributed by atoms with Crippen molar-refractivity contribution >= 4 is 46.7 Å². The molecule has 1 aliphatic carbocycles. The fraction of sp³-hybridized carbons (Fsp3) is 0.435. The number of sulfonamides is 1. The number of halogens is 1. The Hall–Kier alpha value is -1.74. The minimum atomic E-state index is -3.47. The van der Waals surface area contributed by atoms with Gasteiger partial charge in [-0.25, -0.2) is 8.42 Å². The van der Waals surface area contributed by atoms with E-state index in [1.807, 2.05) is 24.3 Å². The van der Waals surface area contributed by atoms with Gasteiger partial charge >= 0.3 is 0 Å². The van der Waals surface area contributed by atoms with Crippen LogP contribution in [0.2, 0.25) is 5.02 Å². The number of hydrogen-bond acceptors (Lipinski definition) is 4. The van der Waals surface area contributed by atoms with E-state index >= 15 is 0 Å². The zero-order valence-electron chi connectivity index (χ0n) is 18.1. The van der Waals surface area contributed by atoms with Gasteiger partial charge in [-0.3, -0.25) is 9.52 Å². The molecule has 1 aliphatic heterocycles. The summed E-state index contributed by atoms with van der Waals surface area (Å²) < 4.78 is 25.8. The molecule has 2 aromatic carbocycles. The molecule has 32 heavy (non-hydrogen) atoms. The van der Waals surface area contributed by atoms with Gasteiger partial charge in [-0.05, 0) is 62.0 Å². The van der Waals surface area contributed by atoms with Crippen molar-refractivity contribution < 1.29 is 13.2 Å². The zero-order valence-corrected chi connectivity index (χ0v) is 20.7. The average molecular weight is 496 g/mol. The molecule has 0 unspecified atom stereocenters. The Kier molecular flexibility index (Phi) is 7.81. The van der Waals surface area contributed by atoms with E-state index in [0.717, 1.165) is 49.9 Å². The maximum absolute atomic E-state index is 13.5. The SMILES string of the molecule is CS(=O)(=O)Nc1cc(C2(C(=O)N[C@H](CN3CCCC3)c3ccccc3)CC2)ccc1Cl.S. The number of benzene rings is 2. The average Bonchev–Trinajstić information content (AvgIpc) is 3.39. The van der Waals surface area contributed by atoms with Gasteiger partial charge in [-0.15, -0.1) is 0 Å². The van der Waals surface area contributed by atoms with Crippen molar-refractivity contribution in [3.05, 3.63) is 64.7 Å². The van der Waals surface area contributed by atoms with Crippen LogP contribution in [0.4, 0.5) is 5.69 Å². The Morgan fingerprint density at radius 1 is 1.12 bits per heavy atom. The molecule has 2 fully saturated rings.